The van der Waals surface area contributed by atoms with Crippen molar-refractivity contribution in [1.82, 2.24) is 9.38 Å². The molecule has 4 aromatic rings. The molecule has 6 nitrogen and oxygen atoms in total. The summed E-state index contributed by atoms with van der Waals surface area (Å²) in [4.78, 5) is 27.5. The smallest absolute Gasteiger partial charge is 0.255 e. The summed E-state index contributed by atoms with van der Waals surface area (Å²) < 4.78 is 15.3. The summed E-state index contributed by atoms with van der Waals surface area (Å²) in [5, 5.41) is 5.29. The average Bonchev–Trinajstić information content (AvgIpc) is 3.12. The molecule has 0 aliphatic carbocycles. The third kappa shape index (κ3) is 3.37. The zero-order chi connectivity index (χ0) is 19.7. The molecule has 2 aromatic carbocycles. The highest BCUT2D eigenvalue weighted by molar-refractivity contribution is 6.04. The van der Waals surface area contributed by atoms with Crippen molar-refractivity contribution in [2.45, 2.75) is 6.92 Å². The lowest BCUT2D eigenvalue weighted by Crippen LogP contribution is -2.11. The van der Waals surface area contributed by atoms with Crippen molar-refractivity contribution in [3.8, 4) is 11.3 Å². The second kappa shape index (κ2) is 7.03. The lowest BCUT2D eigenvalue weighted by Gasteiger charge is -2.06. The van der Waals surface area contributed by atoms with E-state index in [0.29, 0.717) is 5.69 Å². The van der Waals surface area contributed by atoms with E-state index < -0.39 is 17.4 Å². The van der Waals surface area contributed by atoms with Gasteiger partial charge in [-0.3, -0.25) is 4.79 Å². The van der Waals surface area contributed by atoms with Crippen LogP contribution >= 0.6 is 0 Å². The number of anilines is 1. The molecule has 1 N–H and O–H groups in total. The van der Waals surface area contributed by atoms with Gasteiger partial charge in [0.2, 0.25) is 0 Å². The molecule has 0 spiro atoms. The van der Waals surface area contributed by atoms with Crippen LogP contribution in [0.25, 0.3) is 16.9 Å². The Labute approximate surface area is 159 Å². The number of nitroso groups, excluding NO2 is 1. The number of aromatic nitrogens is 2. The van der Waals surface area contributed by atoms with Gasteiger partial charge in [-0.15, -0.1) is 4.91 Å². The fraction of sp³-hybridized carbons (Fsp3) is 0.0476. The molecule has 1 amide bonds. The van der Waals surface area contributed by atoms with E-state index in [2.05, 4.69) is 15.5 Å². The van der Waals surface area contributed by atoms with Crippen LogP contribution in [0.15, 0.2) is 72.2 Å². The number of hydrogen-bond acceptors (Lipinski definition) is 4. The number of carbonyl (C=O) groups is 1. The molecule has 0 aliphatic rings. The molecule has 138 valence electrons. The first-order valence-corrected chi connectivity index (χ1v) is 8.53. The van der Waals surface area contributed by atoms with Crippen LogP contribution in [0.1, 0.15) is 15.9 Å². The van der Waals surface area contributed by atoms with Crippen LogP contribution in [0.2, 0.25) is 0 Å². The summed E-state index contributed by atoms with van der Waals surface area (Å²) in [5.74, 6) is -1.22. The maximum Gasteiger partial charge on any atom is 0.255 e. The quantitative estimate of drug-likeness (QED) is 0.505. The van der Waals surface area contributed by atoms with Crippen LogP contribution in [0.5, 0.6) is 0 Å². The number of pyridine rings is 1. The van der Waals surface area contributed by atoms with E-state index in [0.717, 1.165) is 34.6 Å². The Morgan fingerprint density at radius 1 is 1.07 bits per heavy atom. The van der Waals surface area contributed by atoms with Crippen molar-refractivity contribution < 1.29 is 9.18 Å². The number of nitrogens with one attached hydrogen (secondary N) is 1. The van der Waals surface area contributed by atoms with Crippen LogP contribution in [0.4, 0.5) is 15.8 Å². The summed E-state index contributed by atoms with van der Waals surface area (Å²) in [7, 11) is 0. The van der Waals surface area contributed by atoms with Crippen molar-refractivity contribution in [3.05, 3.63) is 88.8 Å². The Hall–Kier alpha value is -3.87. The van der Waals surface area contributed by atoms with E-state index >= 15 is 0 Å². The predicted molar refractivity (Wildman–Crippen MR) is 105 cm³/mol. The standard InChI is InChI=1S/C21H15FN4O2/c1-13-2-9-20-24-19(12-26(20)11-13)14-3-6-16(7-4-14)23-21(27)15-5-8-17(22)18(10-15)25-28/h2-12H,1H3,(H,23,27). The zero-order valence-corrected chi connectivity index (χ0v) is 14.9. The second-order valence-electron chi connectivity index (χ2n) is 6.39. The molecule has 0 unspecified atom stereocenters. The third-order valence-electron chi connectivity index (χ3n) is 4.34. The predicted octanol–water partition coefficient (Wildman–Crippen LogP) is 5.10. The molecule has 0 radical (unpaired) electrons. The number of fused-ring (bicyclic) bond motifs is 1. The van der Waals surface area contributed by atoms with Gasteiger partial charge < -0.3 is 9.72 Å². The molecule has 0 fully saturated rings. The lowest BCUT2D eigenvalue weighted by molar-refractivity contribution is 0.102. The van der Waals surface area contributed by atoms with E-state index in [4.69, 9.17) is 0 Å². The van der Waals surface area contributed by atoms with Gasteiger partial charge in [-0.25, -0.2) is 9.37 Å². The van der Waals surface area contributed by atoms with Crippen molar-refractivity contribution in [1.29, 1.82) is 0 Å². The molecule has 0 saturated heterocycles. The minimum atomic E-state index is -0.765. The largest absolute Gasteiger partial charge is 0.322 e. The molecule has 0 atom stereocenters. The minimum absolute atomic E-state index is 0.149. The summed E-state index contributed by atoms with van der Waals surface area (Å²) in [6, 6.07) is 14.6. The number of nitrogens with zero attached hydrogens (tertiary/aromatic N) is 3. The molecule has 4 rings (SSSR count). The minimum Gasteiger partial charge on any atom is -0.322 e. The molecule has 2 aromatic heterocycles. The fourth-order valence-corrected chi connectivity index (χ4v) is 2.89. The van der Waals surface area contributed by atoms with Gasteiger partial charge in [0, 0.05) is 29.2 Å². The van der Waals surface area contributed by atoms with Gasteiger partial charge in [0.15, 0.2) is 5.82 Å². The van der Waals surface area contributed by atoms with Gasteiger partial charge in [0.05, 0.1) is 5.69 Å². The zero-order valence-electron chi connectivity index (χ0n) is 14.9. The number of rotatable bonds is 4. The molecule has 0 bridgehead atoms. The number of halogens is 1. The number of amides is 1. The number of benzene rings is 2. The highest BCUT2D eigenvalue weighted by atomic mass is 19.1. The van der Waals surface area contributed by atoms with E-state index in [9.17, 15) is 14.1 Å². The van der Waals surface area contributed by atoms with Crippen LogP contribution in [-0.2, 0) is 0 Å². The summed E-state index contributed by atoms with van der Waals surface area (Å²) in [6.07, 6.45) is 3.95. The SMILES string of the molecule is Cc1ccc2nc(-c3ccc(NC(=O)c4ccc(F)c(N=O)c4)cc3)cn2c1. The van der Waals surface area contributed by atoms with Crippen molar-refractivity contribution in [2.24, 2.45) is 5.18 Å². The maximum absolute atomic E-state index is 13.3. The normalized spacial score (nSPS) is 10.8. The number of aryl methyl sites for hydroxylation is 1. The van der Waals surface area contributed by atoms with E-state index in [1.807, 2.05) is 48.0 Å². The fourth-order valence-electron chi connectivity index (χ4n) is 2.89. The van der Waals surface area contributed by atoms with Gasteiger partial charge in [-0.2, -0.15) is 0 Å². The van der Waals surface area contributed by atoms with Gasteiger partial charge in [-0.05, 0) is 54.1 Å². The van der Waals surface area contributed by atoms with E-state index in [1.54, 1.807) is 12.1 Å². The first-order chi connectivity index (χ1) is 13.5. The molecule has 0 saturated carbocycles. The maximum atomic E-state index is 13.3. The Morgan fingerprint density at radius 3 is 2.61 bits per heavy atom. The molecule has 2 heterocycles. The van der Waals surface area contributed by atoms with Gasteiger partial charge >= 0.3 is 0 Å². The monoisotopic (exact) mass is 374 g/mol. The van der Waals surface area contributed by atoms with Crippen molar-refractivity contribution >= 4 is 22.9 Å². The molecule has 0 aliphatic heterocycles. The average molecular weight is 374 g/mol. The van der Waals surface area contributed by atoms with Crippen molar-refractivity contribution in [2.75, 3.05) is 5.32 Å². The summed E-state index contributed by atoms with van der Waals surface area (Å²) in [5.41, 5.74) is 4.05. The summed E-state index contributed by atoms with van der Waals surface area (Å²) >= 11 is 0. The number of imidazole rings is 1. The molecular weight excluding hydrogens is 359 g/mol. The number of hydrogen-bond donors (Lipinski definition) is 1. The Balaban J connectivity index is 1.54. The third-order valence-corrected chi connectivity index (χ3v) is 4.34. The highest BCUT2D eigenvalue weighted by Crippen LogP contribution is 2.23. The Kier molecular flexibility index (Phi) is 4.41. The van der Waals surface area contributed by atoms with Crippen molar-refractivity contribution in [3.63, 3.8) is 0 Å². The van der Waals surface area contributed by atoms with E-state index in [-0.39, 0.29) is 5.56 Å². The molecule has 7 heteroatoms. The lowest BCUT2D eigenvalue weighted by atomic mass is 10.1. The van der Waals surface area contributed by atoms with Crippen LogP contribution in [0.3, 0.4) is 0 Å². The molecular formula is C21H15FN4O2. The highest BCUT2D eigenvalue weighted by Gasteiger charge is 2.11. The first-order valence-electron chi connectivity index (χ1n) is 8.53. The Morgan fingerprint density at radius 2 is 1.86 bits per heavy atom. The topological polar surface area (TPSA) is 75.8 Å². The van der Waals surface area contributed by atoms with Gasteiger partial charge in [0.1, 0.15) is 11.3 Å². The van der Waals surface area contributed by atoms with Crippen LogP contribution < -0.4 is 5.32 Å². The van der Waals surface area contributed by atoms with E-state index in [1.165, 1.54) is 6.07 Å². The van der Waals surface area contributed by atoms with Gasteiger partial charge in [-0.1, -0.05) is 18.2 Å². The molecule has 28 heavy (non-hydrogen) atoms. The van der Waals surface area contributed by atoms with Crippen LogP contribution in [0, 0.1) is 17.6 Å². The Bertz CT molecular complexity index is 1200. The van der Waals surface area contributed by atoms with Crippen LogP contribution in [-0.4, -0.2) is 15.3 Å². The first kappa shape index (κ1) is 17.5. The summed E-state index contributed by atoms with van der Waals surface area (Å²) in [6.45, 7) is 2.02. The second-order valence-corrected chi connectivity index (χ2v) is 6.39. The van der Waals surface area contributed by atoms with Gasteiger partial charge in [0.25, 0.3) is 5.91 Å². The number of carbonyl (C=O) groups excluding carboxylic acids is 1.